The first-order valence-electron chi connectivity index (χ1n) is 4.45. The molecule has 0 amide bonds. The molecule has 0 fully saturated rings. The van der Waals surface area contributed by atoms with E-state index in [-0.39, 0.29) is 41.7 Å². The summed E-state index contributed by atoms with van der Waals surface area (Å²) in [4.78, 5) is 18.9. The second-order valence-corrected chi connectivity index (χ2v) is 6.18. The number of hydrogen-bond donors (Lipinski definition) is 4. The van der Waals surface area contributed by atoms with E-state index in [0.717, 1.165) is 0 Å². The van der Waals surface area contributed by atoms with Crippen LogP contribution in [0.3, 0.4) is 0 Å². The predicted octanol–water partition coefficient (Wildman–Crippen LogP) is -0.804. The molecule has 0 aliphatic rings. The van der Waals surface area contributed by atoms with Crippen molar-refractivity contribution in [1.82, 2.24) is 0 Å². The molecule has 1 aromatic carbocycles. The molecule has 0 spiro atoms. The van der Waals surface area contributed by atoms with Gasteiger partial charge in [-0.05, 0) is 12.1 Å². The molecular weight excluding hydrogens is 343 g/mol. The largest absolute Gasteiger partial charge is 0.478 e. The molecular formula is C8H6NaO10S2. The number of carboxylic acids is 2. The van der Waals surface area contributed by atoms with Crippen molar-refractivity contribution in [1.29, 1.82) is 0 Å². The molecule has 0 aliphatic heterocycles. The van der Waals surface area contributed by atoms with Crippen molar-refractivity contribution in [3.05, 3.63) is 23.3 Å². The Morgan fingerprint density at radius 2 is 1.05 bits per heavy atom. The smallest absolute Gasteiger partial charge is 0.337 e. The zero-order valence-electron chi connectivity index (χ0n) is 10.2. The Kier molecular flexibility index (Phi) is 6.08. The molecule has 0 bridgehead atoms. The summed E-state index contributed by atoms with van der Waals surface area (Å²) >= 11 is 0. The van der Waals surface area contributed by atoms with Gasteiger partial charge >= 0.3 is 11.9 Å². The van der Waals surface area contributed by atoms with E-state index in [0.29, 0.717) is 0 Å². The molecule has 0 saturated heterocycles. The maximum absolute atomic E-state index is 11.0. The summed E-state index contributed by atoms with van der Waals surface area (Å²) < 4.78 is 61.6. The minimum atomic E-state index is -5.15. The quantitative estimate of drug-likeness (QED) is 0.396. The van der Waals surface area contributed by atoms with Crippen LogP contribution >= 0.6 is 0 Å². The first-order valence-corrected chi connectivity index (χ1v) is 7.33. The van der Waals surface area contributed by atoms with E-state index in [1.807, 2.05) is 0 Å². The standard InChI is InChI=1S/C8H6O10S2.Na/c9-7(10)3-1-4(8(11)12)6(20(16,17)18)2-5(3)19(13,14)15;/h1-2H,(H,9,10)(H,11,12)(H,13,14,15)(H,16,17,18);. The van der Waals surface area contributed by atoms with Gasteiger partial charge in [0.05, 0.1) is 11.1 Å². The van der Waals surface area contributed by atoms with Gasteiger partial charge in [0.1, 0.15) is 9.79 Å². The Hall–Kier alpha value is -1.02. The maximum Gasteiger partial charge on any atom is 0.337 e. The third kappa shape index (κ3) is 4.47. The van der Waals surface area contributed by atoms with Crippen LogP contribution in [0.1, 0.15) is 20.7 Å². The average Bonchev–Trinajstić information content (AvgIpc) is 2.24. The molecule has 1 radical (unpaired) electrons. The summed E-state index contributed by atoms with van der Waals surface area (Å²) in [6.07, 6.45) is 0. The van der Waals surface area contributed by atoms with Crippen LogP contribution in [0.2, 0.25) is 0 Å². The van der Waals surface area contributed by atoms with Crippen LogP contribution in [0, 0.1) is 0 Å². The van der Waals surface area contributed by atoms with Crippen LogP contribution in [0.4, 0.5) is 0 Å². The monoisotopic (exact) mass is 349 g/mol. The van der Waals surface area contributed by atoms with Crippen molar-refractivity contribution in [2.75, 3.05) is 0 Å². The molecule has 1 aromatic rings. The molecule has 1 rings (SSSR count). The van der Waals surface area contributed by atoms with Crippen molar-refractivity contribution in [2.24, 2.45) is 0 Å². The van der Waals surface area contributed by atoms with Crippen LogP contribution in [-0.4, -0.2) is 77.7 Å². The Labute approximate surface area is 140 Å². The van der Waals surface area contributed by atoms with Gasteiger partial charge in [0.15, 0.2) is 0 Å². The Bertz CT molecular complexity index is 742. The van der Waals surface area contributed by atoms with Crippen LogP contribution in [0.15, 0.2) is 21.9 Å². The molecule has 0 atom stereocenters. The van der Waals surface area contributed by atoms with Crippen molar-refractivity contribution >= 4 is 61.7 Å². The van der Waals surface area contributed by atoms with E-state index in [4.69, 9.17) is 19.3 Å². The van der Waals surface area contributed by atoms with Crippen molar-refractivity contribution in [3.8, 4) is 0 Å². The zero-order valence-corrected chi connectivity index (χ0v) is 13.8. The van der Waals surface area contributed by atoms with E-state index in [9.17, 15) is 26.4 Å². The summed E-state index contributed by atoms with van der Waals surface area (Å²) in [7, 11) is -10.3. The number of aromatic carboxylic acids is 2. The summed E-state index contributed by atoms with van der Waals surface area (Å²) in [5.74, 6) is -3.83. The van der Waals surface area contributed by atoms with E-state index >= 15 is 0 Å². The van der Waals surface area contributed by atoms with Gasteiger partial charge in [0.25, 0.3) is 20.2 Å². The molecule has 13 heteroatoms. The topological polar surface area (TPSA) is 183 Å². The van der Waals surface area contributed by atoms with Gasteiger partial charge in [-0.3, -0.25) is 9.11 Å². The third-order valence-electron chi connectivity index (χ3n) is 2.10. The first kappa shape index (κ1) is 20.0. The van der Waals surface area contributed by atoms with E-state index in [1.54, 1.807) is 0 Å². The number of rotatable bonds is 4. The molecule has 0 saturated carbocycles. The maximum atomic E-state index is 11.0. The summed E-state index contributed by atoms with van der Waals surface area (Å²) in [5, 5.41) is 17.5. The van der Waals surface area contributed by atoms with Crippen molar-refractivity contribution < 1.29 is 45.7 Å². The van der Waals surface area contributed by atoms with Crippen LogP contribution < -0.4 is 0 Å². The molecule has 0 aliphatic carbocycles. The van der Waals surface area contributed by atoms with Gasteiger partial charge < -0.3 is 10.2 Å². The average molecular weight is 349 g/mol. The molecule has 111 valence electrons. The summed E-state index contributed by atoms with van der Waals surface area (Å²) in [6, 6.07) is 0.258. The molecule has 0 unspecified atom stereocenters. The van der Waals surface area contributed by atoms with Crippen molar-refractivity contribution in [2.45, 2.75) is 9.79 Å². The minimum absolute atomic E-state index is 0. The van der Waals surface area contributed by atoms with E-state index in [2.05, 4.69) is 0 Å². The Morgan fingerprint density at radius 3 is 1.24 bits per heavy atom. The van der Waals surface area contributed by atoms with Gasteiger partial charge in [-0.2, -0.15) is 16.8 Å². The Balaban J connectivity index is 0.00000400. The SMILES string of the molecule is O=C(O)c1cc(C(=O)O)c(S(=O)(=O)O)cc1S(=O)(=O)O.[Na]. The minimum Gasteiger partial charge on any atom is -0.478 e. The molecule has 10 nitrogen and oxygen atoms in total. The van der Waals surface area contributed by atoms with Gasteiger partial charge in [0.2, 0.25) is 0 Å². The zero-order chi connectivity index (χ0) is 15.9. The third-order valence-corrected chi connectivity index (χ3v) is 3.89. The predicted molar refractivity (Wildman–Crippen MR) is 65.7 cm³/mol. The number of hydrogen-bond acceptors (Lipinski definition) is 6. The normalized spacial score (nSPS) is 11.5. The van der Waals surface area contributed by atoms with Crippen LogP contribution in [-0.2, 0) is 20.2 Å². The van der Waals surface area contributed by atoms with Crippen LogP contribution in [0.25, 0.3) is 0 Å². The second-order valence-electron chi connectivity index (χ2n) is 3.40. The van der Waals surface area contributed by atoms with Crippen LogP contribution in [0.5, 0.6) is 0 Å². The second kappa shape index (κ2) is 6.39. The first-order chi connectivity index (χ1) is 8.85. The fraction of sp³-hybridized carbons (Fsp3) is 0. The number of benzene rings is 1. The fourth-order valence-electron chi connectivity index (χ4n) is 1.32. The van der Waals surface area contributed by atoms with Crippen molar-refractivity contribution in [3.63, 3.8) is 0 Å². The fourth-order valence-corrected chi connectivity index (χ4v) is 2.78. The Morgan fingerprint density at radius 1 is 0.762 bits per heavy atom. The summed E-state index contributed by atoms with van der Waals surface area (Å²) in [5.41, 5.74) is -2.31. The van der Waals surface area contributed by atoms with Gasteiger partial charge in [-0.1, -0.05) is 0 Å². The molecule has 21 heavy (non-hydrogen) atoms. The number of carbonyl (C=O) groups is 2. The molecule has 0 aromatic heterocycles. The van der Waals surface area contributed by atoms with Gasteiger partial charge in [-0.15, -0.1) is 0 Å². The molecule has 0 heterocycles. The van der Waals surface area contributed by atoms with Gasteiger partial charge in [-0.25, -0.2) is 9.59 Å². The van der Waals surface area contributed by atoms with E-state index in [1.165, 1.54) is 0 Å². The van der Waals surface area contributed by atoms with E-state index < -0.39 is 53.1 Å². The van der Waals surface area contributed by atoms with Gasteiger partial charge in [0, 0.05) is 29.6 Å². The molecule has 4 N–H and O–H groups in total. The number of carboxylic acid groups (broad SMARTS) is 2. The summed E-state index contributed by atoms with van der Waals surface area (Å²) in [6.45, 7) is 0.